The molecule has 0 heterocycles. The van der Waals surface area contributed by atoms with Gasteiger partial charge in [0.15, 0.2) is 6.10 Å². The lowest BCUT2D eigenvalue weighted by Gasteiger charge is -2.16. The smallest absolute Gasteiger partial charge is 0.254 e. The molecule has 0 bridgehead atoms. The predicted molar refractivity (Wildman–Crippen MR) is 88.6 cm³/mol. The number of benzene rings is 2. The van der Waals surface area contributed by atoms with E-state index in [2.05, 4.69) is 43.4 Å². The van der Waals surface area contributed by atoms with Gasteiger partial charge >= 0.3 is 0 Å². The van der Waals surface area contributed by atoms with Crippen molar-refractivity contribution in [2.24, 2.45) is 0 Å². The molecule has 1 unspecified atom stereocenters. The van der Waals surface area contributed by atoms with Crippen LogP contribution in [0.3, 0.4) is 0 Å². The summed E-state index contributed by atoms with van der Waals surface area (Å²) in [7, 11) is 1.55. The second-order valence-corrected chi connectivity index (χ2v) is 5.64. The topological polar surface area (TPSA) is 38.3 Å². The van der Waals surface area contributed by atoms with Crippen LogP contribution in [0, 0.1) is 0 Å². The molecule has 0 saturated heterocycles. The number of rotatable bonds is 6. The summed E-state index contributed by atoms with van der Waals surface area (Å²) in [5.41, 5.74) is 3.24. The third kappa shape index (κ3) is 4.18. The third-order valence-electron chi connectivity index (χ3n) is 3.69. The highest BCUT2D eigenvalue weighted by Gasteiger charge is 2.19. The first-order valence-corrected chi connectivity index (χ1v) is 7.56. The van der Waals surface area contributed by atoms with Gasteiger partial charge in [0.25, 0.3) is 5.91 Å². The van der Waals surface area contributed by atoms with E-state index in [1.807, 2.05) is 30.3 Å². The standard InChI is InChI=1S/C19H23NO2/c1-14(2)16-11-9-15(10-12-16)13-20-19(21)18(22-3)17-7-5-4-6-8-17/h4-12,14,18H,13H2,1-3H3,(H,20,21). The van der Waals surface area contributed by atoms with Crippen molar-refractivity contribution < 1.29 is 9.53 Å². The van der Waals surface area contributed by atoms with E-state index in [4.69, 9.17) is 4.74 Å². The van der Waals surface area contributed by atoms with Crippen molar-refractivity contribution in [3.8, 4) is 0 Å². The number of ether oxygens (including phenoxy) is 1. The van der Waals surface area contributed by atoms with Crippen LogP contribution in [0.1, 0.15) is 42.6 Å². The van der Waals surface area contributed by atoms with Crippen molar-refractivity contribution >= 4 is 5.91 Å². The number of nitrogens with one attached hydrogen (secondary N) is 1. The molecule has 1 atom stereocenters. The summed E-state index contributed by atoms with van der Waals surface area (Å²) in [6.07, 6.45) is -0.573. The van der Waals surface area contributed by atoms with Crippen molar-refractivity contribution in [2.75, 3.05) is 7.11 Å². The van der Waals surface area contributed by atoms with Crippen molar-refractivity contribution in [2.45, 2.75) is 32.4 Å². The van der Waals surface area contributed by atoms with Crippen LogP contribution >= 0.6 is 0 Å². The van der Waals surface area contributed by atoms with Crippen LogP contribution in [0.4, 0.5) is 0 Å². The van der Waals surface area contributed by atoms with Crippen LogP contribution in [-0.4, -0.2) is 13.0 Å². The number of carbonyl (C=O) groups is 1. The lowest BCUT2D eigenvalue weighted by atomic mass is 10.0. The van der Waals surface area contributed by atoms with Gasteiger partial charge in [0.1, 0.15) is 0 Å². The zero-order valence-electron chi connectivity index (χ0n) is 13.4. The van der Waals surface area contributed by atoms with Gasteiger partial charge in [-0.25, -0.2) is 0 Å². The van der Waals surface area contributed by atoms with Crippen molar-refractivity contribution in [3.63, 3.8) is 0 Å². The Bertz CT molecular complexity index is 591. The molecular formula is C19H23NO2. The largest absolute Gasteiger partial charge is 0.367 e. The maximum Gasteiger partial charge on any atom is 0.254 e. The van der Waals surface area contributed by atoms with Crippen molar-refractivity contribution in [1.82, 2.24) is 5.32 Å². The minimum atomic E-state index is -0.573. The summed E-state index contributed by atoms with van der Waals surface area (Å²) in [6.45, 7) is 4.84. The SMILES string of the molecule is COC(C(=O)NCc1ccc(C(C)C)cc1)c1ccccc1. The monoisotopic (exact) mass is 297 g/mol. The zero-order valence-corrected chi connectivity index (χ0v) is 13.4. The molecule has 0 aliphatic rings. The minimum absolute atomic E-state index is 0.123. The molecule has 3 heteroatoms. The normalized spacial score (nSPS) is 12.2. The van der Waals surface area contributed by atoms with E-state index >= 15 is 0 Å². The number of hydrogen-bond donors (Lipinski definition) is 1. The first kappa shape index (κ1) is 16.2. The summed E-state index contributed by atoms with van der Waals surface area (Å²) in [4.78, 5) is 12.3. The summed E-state index contributed by atoms with van der Waals surface area (Å²) >= 11 is 0. The molecule has 0 fully saturated rings. The molecule has 0 spiro atoms. The Labute approximate surface area is 132 Å². The van der Waals surface area contributed by atoms with Crippen LogP contribution < -0.4 is 5.32 Å². The van der Waals surface area contributed by atoms with Gasteiger partial charge in [0, 0.05) is 13.7 Å². The van der Waals surface area contributed by atoms with Crippen molar-refractivity contribution in [1.29, 1.82) is 0 Å². The van der Waals surface area contributed by atoms with Gasteiger partial charge in [-0.15, -0.1) is 0 Å². The van der Waals surface area contributed by atoms with Gasteiger partial charge in [-0.1, -0.05) is 68.4 Å². The highest BCUT2D eigenvalue weighted by Crippen LogP contribution is 2.17. The van der Waals surface area contributed by atoms with Crippen LogP contribution in [0.25, 0.3) is 0 Å². The Morgan fingerprint density at radius 1 is 1.00 bits per heavy atom. The average Bonchev–Trinajstić information content (AvgIpc) is 2.55. The molecule has 116 valence electrons. The molecule has 22 heavy (non-hydrogen) atoms. The molecule has 2 rings (SSSR count). The van der Waals surface area contributed by atoms with E-state index in [1.54, 1.807) is 7.11 Å². The molecule has 0 saturated carbocycles. The third-order valence-corrected chi connectivity index (χ3v) is 3.69. The highest BCUT2D eigenvalue weighted by atomic mass is 16.5. The Morgan fingerprint density at radius 3 is 2.18 bits per heavy atom. The molecule has 0 aromatic heterocycles. The number of methoxy groups -OCH3 is 1. The van der Waals surface area contributed by atoms with E-state index in [9.17, 15) is 4.79 Å². The Hall–Kier alpha value is -2.13. The van der Waals surface area contributed by atoms with E-state index < -0.39 is 6.10 Å². The number of hydrogen-bond acceptors (Lipinski definition) is 2. The van der Waals surface area contributed by atoms with Crippen LogP contribution in [0.5, 0.6) is 0 Å². The average molecular weight is 297 g/mol. The van der Waals surface area contributed by atoms with Crippen molar-refractivity contribution in [3.05, 3.63) is 71.3 Å². The first-order valence-electron chi connectivity index (χ1n) is 7.56. The second kappa shape index (κ2) is 7.76. The summed E-state index contributed by atoms with van der Waals surface area (Å²) in [5.74, 6) is 0.390. The van der Waals surface area contributed by atoms with Gasteiger partial charge < -0.3 is 10.1 Å². The second-order valence-electron chi connectivity index (χ2n) is 5.64. The Kier molecular flexibility index (Phi) is 5.73. The lowest BCUT2D eigenvalue weighted by molar-refractivity contribution is -0.131. The molecule has 0 aliphatic carbocycles. The van der Waals surface area contributed by atoms with Gasteiger partial charge in [0.05, 0.1) is 0 Å². The zero-order chi connectivity index (χ0) is 15.9. The summed E-state index contributed by atoms with van der Waals surface area (Å²) in [5, 5.41) is 2.93. The van der Waals surface area contributed by atoms with Gasteiger partial charge in [-0.2, -0.15) is 0 Å². The van der Waals surface area contributed by atoms with E-state index in [0.29, 0.717) is 12.5 Å². The number of carbonyl (C=O) groups excluding carboxylic acids is 1. The fourth-order valence-electron chi connectivity index (χ4n) is 2.32. The maximum atomic E-state index is 12.3. The minimum Gasteiger partial charge on any atom is -0.367 e. The fraction of sp³-hybridized carbons (Fsp3) is 0.316. The lowest BCUT2D eigenvalue weighted by Crippen LogP contribution is -2.29. The first-order chi connectivity index (χ1) is 10.6. The molecule has 1 amide bonds. The van der Waals surface area contributed by atoms with Crippen LogP contribution in [-0.2, 0) is 16.1 Å². The van der Waals surface area contributed by atoms with Gasteiger partial charge in [0.2, 0.25) is 0 Å². The molecule has 0 aliphatic heterocycles. The highest BCUT2D eigenvalue weighted by molar-refractivity contribution is 5.82. The molecule has 2 aromatic carbocycles. The van der Waals surface area contributed by atoms with E-state index in [1.165, 1.54) is 5.56 Å². The molecule has 0 radical (unpaired) electrons. The summed E-state index contributed by atoms with van der Waals surface area (Å²) < 4.78 is 5.33. The molecule has 3 nitrogen and oxygen atoms in total. The summed E-state index contributed by atoms with van der Waals surface area (Å²) in [6, 6.07) is 17.8. The molecular weight excluding hydrogens is 274 g/mol. The number of amides is 1. The van der Waals surface area contributed by atoms with E-state index in [-0.39, 0.29) is 5.91 Å². The quantitative estimate of drug-likeness (QED) is 0.880. The van der Waals surface area contributed by atoms with Gasteiger partial charge in [-0.05, 0) is 22.6 Å². The molecule has 2 aromatic rings. The predicted octanol–water partition coefficient (Wildman–Crippen LogP) is 3.81. The van der Waals surface area contributed by atoms with Crippen LogP contribution in [0.15, 0.2) is 54.6 Å². The fourth-order valence-corrected chi connectivity index (χ4v) is 2.32. The van der Waals surface area contributed by atoms with E-state index in [0.717, 1.165) is 11.1 Å². The van der Waals surface area contributed by atoms with Gasteiger partial charge in [-0.3, -0.25) is 4.79 Å². The Balaban J connectivity index is 1.96. The Morgan fingerprint density at radius 2 is 1.64 bits per heavy atom. The molecule has 1 N–H and O–H groups in total. The van der Waals surface area contributed by atoms with Crippen LogP contribution in [0.2, 0.25) is 0 Å². The maximum absolute atomic E-state index is 12.3.